The molecule has 0 aromatic rings. The highest BCUT2D eigenvalue weighted by Gasteiger charge is 1.92. The minimum Gasteiger partial charge on any atom is -0.302 e. The van der Waals surface area contributed by atoms with Crippen molar-refractivity contribution in [2.75, 3.05) is 20.1 Å². The van der Waals surface area contributed by atoms with Crippen LogP contribution in [0, 0.1) is 0 Å². The fourth-order valence-electron chi connectivity index (χ4n) is 0.647. The molecule has 0 heterocycles. The lowest BCUT2D eigenvalue weighted by molar-refractivity contribution is -0.108. The third-order valence-electron chi connectivity index (χ3n) is 1.28. The number of hydrogen-bond donors (Lipinski definition) is 0. The summed E-state index contributed by atoms with van der Waals surface area (Å²) in [5.41, 5.74) is 0. The van der Waals surface area contributed by atoms with Crippen LogP contribution in [-0.2, 0) is 4.79 Å². The van der Waals surface area contributed by atoms with Crippen molar-refractivity contribution in [3.8, 4) is 0 Å². The Morgan fingerprint density at radius 2 is 2.22 bits per heavy atom. The molecule has 0 aromatic carbocycles. The van der Waals surface area contributed by atoms with Gasteiger partial charge in [-0.15, -0.1) is 0 Å². The van der Waals surface area contributed by atoms with Gasteiger partial charge < -0.3 is 4.79 Å². The van der Waals surface area contributed by atoms with Gasteiger partial charge >= 0.3 is 0 Å². The quantitative estimate of drug-likeness (QED) is 0.514. The Balaban J connectivity index is 3.04. The topological polar surface area (TPSA) is 20.3 Å². The average Bonchev–Trinajstić information content (AvgIpc) is 1.85. The number of likely N-dealkylation sites (N-methyl/N-ethyl adjacent to an activating group) is 1. The number of carbonyl (C=O) groups is 1. The van der Waals surface area contributed by atoms with Crippen molar-refractivity contribution in [2.24, 2.45) is 0 Å². The molecule has 0 aromatic heterocycles. The van der Waals surface area contributed by atoms with Gasteiger partial charge in [-0.1, -0.05) is 13.3 Å². The molecule has 2 heteroatoms. The van der Waals surface area contributed by atoms with E-state index in [1.54, 1.807) is 0 Å². The number of nitrogens with zero attached hydrogens (tertiary/aromatic N) is 1. The molecule has 0 fully saturated rings. The average molecular weight is 129 g/mol. The van der Waals surface area contributed by atoms with Crippen LogP contribution >= 0.6 is 0 Å². The van der Waals surface area contributed by atoms with Crippen LogP contribution in [0.2, 0.25) is 0 Å². The zero-order valence-electron chi connectivity index (χ0n) is 6.26. The summed E-state index contributed by atoms with van der Waals surface area (Å²) in [5.74, 6) is 0. The monoisotopic (exact) mass is 129 g/mol. The van der Waals surface area contributed by atoms with Crippen LogP contribution < -0.4 is 0 Å². The SMILES string of the molecule is CCCCN(C)CC=O. The van der Waals surface area contributed by atoms with Crippen LogP contribution in [0.3, 0.4) is 0 Å². The number of aldehydes is 1. The van der Waals surface area contributed by atoms with Gasteiger partial charge in [-0.2, -0.15) is 0 Å². The third-order valence-corrected chi connectivity index (χ3v) is 1.28. The summed E-state index contributed by atoms with van der Waals surface area (Å²) in [6, 6.07) is 0. The smallest absolute Gasteiger partial charge is 0.133 e. The molecule has 0 radical (unpaired) electrons. The Kier molecular flexibility index (Phi) is 5.52. The van der Waals surface area contributed by atoms with Crippen molar-refractivity contribution in [1.29, 1.82) is 0 Å². The molecule has 2 nitrogen and oxygen atoms in total. The predicted octanol–water partition coefficient (Wildman–Crippen LogP) is 0.917. The Hall–Kier alpha value is -0.370. The van der Waals surface area contributed by atoms with Gasteiger partial charge in [-0.25, -0.2) is 0 Å². The maximum atomic E-state index is 9.94. The number of rotatable bonds is 5. The van der Waals surface area contributed by atoms with E-state index < -0.39 is 0 Å². The van der Waals surface area contributed by atoms with Crippen molar-refractivity contribution >= 4 is 6.29 Å². The molecule has 54 valence electrons. The summed E-state index contributed by atoms with van der Waals surface area (Å²) in [6.45, 7) is 3.75. The first-order valence-corrected chi connectivity index (χ1v) is 3.43. The molecule has 0 unspecified atom stereocenters. The molecular weight excluding hydrogens is 114 g/mol. The first-order valence-electron chi connectivity index (χ1n) is 3.43. The van der Waals surface area contributed by atoms with Gasteiger partial charge in [0.2, 0.25) is 0 Å². The summed E-state index contributed by atoms with van der Waals surface area (Å²) < 4.78 is 0. The van der Waals surface area contributed by atoms with Crippen LogP contribution in [-0.4, -0.2) is 31.3 Å². The number of unbranched alkanes of at least 4 members (excludes halogenated alkanes) is 1. The maximum Gasteiger partial charge on any atom is 0.133 e. The molecule has 0 saturated carbocycles. The van der Waals surface area contributed by atoms with Crippen LogP contribution in [0.4, 0.5) is 0 Å². The first kappa shape index (κ1) is 8.63. The van der Waals surface area contributed by atoms with E-state index in [1.165, 1.54) is 12.8 Å². The Morgan fingerprint density at radius 3 is 2.67 bits per heavy atom. The van der Waals surface area contributed by atoms with E-state index in [4.69, 9.17) is 0 Å². The van der Waals surface area contributed by atoms with Gasteiger partial charge in [-0.3, -0.25) is 4.90 Å². The van der Waals surface area contributed by atoms with E-state index in [-0.39, 0.29) is 0 Å². The Labute approximate surface area is 56.9 Å². The molecule has 0 amide bonds. The standard InChI is InChI=1S/C7H15NO/c1-3-4-5-8(2)6-7-9/h7H,3-6H2,1-2H3. The lowest BCUT2D eigenvalue weighted by Gasteiger charge is -2.10. The largest absolute Gasteiger partial charge is 0.302 e. The van der Waals surface area contributed by atoms with Crippen molar-refractivity contribution in [3.63, 3.8) is 0 Å². The van der Waals surface area contributed by atoms with Gasteiger partial charge in [0.05, 0.1) is 6.54 Å². The van der Waals surface area contributed by atoms with Gasteiger partial charge in [0.25, 0.3) is 0 Å². The zero-order valence-corrected chi connectivity index (χ0v) is 6.26. The number of carbonyl (C=O) groups excluding carboxylic acids is 1. The molecule has 0 aliphatic heterocycles. The van der Waals surface area contributed by atoms with Crippen LogP contribution in [0.15, 0.2) is 0 Å². The minimum absolute atomic E-state index is 0.569. The van der Waals surface area contributed by atoms with E-state index in [0.717, 1.165) is 12.8 Å². The number of hydrogen-bond acceptors (Lipinski definition) is 2. The molecule has 0 aliphatic rings. The molecule has 0 bridgehead atoms. The second-order valence-electron chi connectivity index (χ2n) is 2.28. The third kappa shape index (κ3) is 5.50. The lowest BCUT2D eigenvalue weighted by Crippen LogP contribution is -2.21. The summed E-state index contributed by atoms with van der Waals surface area (Å²) in [4.78, 5) is 12.0. The summed E-state index contributed by atoms with van der Waals surface area (Å²) in [5, 5.41) is 0. The molecule has 9 heavy (non-hydrogen) atoms. The minimum atomic E-state index is 0.569. The van der Waals surface area contributed by atoms with E-state index in [2.05, 4.69) is 6.92 Å². The highest BCUT2D eigenvalue weighted by atomic mass is 16.1. The van der Waals surface area contributed by atoms with E-state index in [1.807, 2.05) is 11.9 Å². The van der Waals surface area contributed by atoms with Crippen molar-refractivity contribution in [3.05, 3.63) is 0 Å². The molecule has 0 aliphatic carbocycles. The zero-order chi connectivity index (χ0) is 7.11. The lowest BCUT2D eigenvalue weighted by atomic mass is 10.3. The first-order chi connectivity index (χ1) is 4.31. The molecule has 0 N–H and O–H groups in total. The van der Waals surface area contributed by atoms with Gasteiger partial charge in [0.1, 0.15) is 6.29 Å². The van der Waals surface area contributed by atoms with Crippen LogP contribution in [0.5, 0.6) is 0 Å². The molecule has 0 rings (SSSR count). The Bertz CT molecular complexity index is 73.3. The highest BCUT2D eigenvalue weighted by molar-refractivity contribution is 5.51. The van der Waals surface area contributed by atoms with E-state index in [0.29, 0.717) is 6.54 Å². The predicted molar refractivity (Wildman–Crippen MR) is 38.5 cm³/mol. The van der Waals surface area contributed by atoms with Gasteiger partial charge in [0, 0.05) is 0 Å². The van der Waals surface area contributed by atoms with Crippen molar-refractivity contribution < 1.29 is 4.79 Å². The molecule has 0 atom stereocenters. The fraction of sp³-hybridized carbons (Fsp3) is 0.857. The maximum absolute atomic E-state index is 9.94. The van der Waals surface area contributed by atoms with E-state index >= 15 is 0 Å². The second kappa shape index (κ2) is 5.76. The van der Waals surface area contributed by atoms with Crippen molar-refractivity contribution in [1.82, 2.24) is 4.90 Å². The highest BCUT2D eigenvalue weighted by Crippen LogP contribution is 1.88. The summed E-state index contributed by atoms with van der Waals surface area (Å²) in [6.07, 6.45) is 3.32. The van der Waals surface area contributed by atoms with Crippen molar-refractivity contribution in [2.45, 2.75) is 19.8 Å². The van der Waals surface area contributed by atoms with Gasteiger partial charge in [0.15, 0.2) is 0 Å². The fourth-order valence-corrected chi connectivity index (χ4v) is 0.647. The van der Waals surface area contributed by atoms with E-state index in [9.17, 15) is 4.79 Å². The Morgan fingerprint density at radius 1 is 1.56 bits per heavy atom. The molecular formula is C7H15NO. The molecule has 0 spiro atoms. The normalized spacial score (nSPS) is 10.1. The summed E-state index contributed by atoms with van der Waals surface area (Å²) in [7, 11) is 1.96. The molecule has 0 saturated heterocycles. The van der Waals surface area contributed by atoms with Gasteiger partial charge in [-0.05, 0) is 20.0 Å². The van der Waals surface area contributed by atoms with Crippen LogP contribution in [0.1, 0.15) is 19.8 Å². The summed E-state index contributed by atoms with van der Waals surface area (Å²) >= 11 is 0. The van der Waals surface area contributed by atoms with Crippen LogP contribution in [0.25, 0.3) is 0 Å². The second-order valence-corrected chi connectivity index (χ2v) is 2.28.